The standard InChI is InChI=1S/C16H20ClN5OS/c1-11-19-16(21-20-11)24-10-15(23)18-8-12-5-6-22(9-12)14-4-2-3-13(17)7-14/h2-4,7,12H,5-6,8-10H2,1H3,(H,18,23)(H,19,20,21)/t12-/m1/s1. The lowest BCUT2D eigenvalue weighted by Crippen LogP contribution is -2.32. The molecule has 0 bridgehead atoms. The number of rotatable bonds is 6. The lowest BCUT2D eigenvalue weighted by Gasteiger charge is -2.19. The summed E-state index contributed by atoms with van der Waals surface area (Å²) in [7, 11) is 0. The van der Waals surface area contributed by atoms with Crippen LogP contribution in [0.4, 0.5) is 5.69 Å². The van der Waals surface area contributed by atoms with Gasteiger partial charge in [-0.3, -0.25) is 9.89 Å². The molecule has 0 radical (unpaired) electrons. The van der Waals surface area contributed by atoms with Gasteiger partial charge >= 0.3 is 0 Å². The van der Waals surface area contributed by atoms with E-state index in [2.05, 4.69) is 31.5 Å². The number of benzene rings is 1. The molecule has 24 heavy (non-hydrogen) atoms. The van der Waals surface area contributed by atoms with Crippen molar-refractivity contribution in [2.24, 2.45) is 5.92 Å². The van der Waals surface area contributed by atoms with Gasteiger partial charge in [-0.1, -0.05) is 29.4 Å². The Balaban J connectivity index is 1.40. The van der Waals surface area contributed by atoms with E-state index in [1.54, 1.807) is 0 Å². The third kappa shape index (κ3) is 4.64. The highest BCUT2D eigenvalue weighted by atomic mass is 35.5. The van der Waals surface area contributed by atoms with Crippen molar-refractivity contribution in [1.82, 2.24) is 20.5 Å². The Hall–Kier alpha value is -1.73. The molecule has 6 nitrogen and oxygen atoms in total. The minimum Gasteiger partial charge on any atom is -0.371 e. The van der Waals surface area contributed by atoms with Gasteiger partial charge in [-0.15, -0.1) is 5.10 Å². The summed E-state index contributed by atoms with van der Waals surface area (Å²) in [6, 6.07) is 7.90. The highest BCUT2D eigenvalue weighted by Gasteiger charge is 2.23. The van der Waals surface area contributed by atoms with Crippen molar-refractivity contribution in [2.75, 3.05) is 30.3 Å². The molecule has 0 aliphatic carbocycles. The third-order valence-electron chi connectivity index (χ3n) is 3.96. The number of thioether (sulfide) groups is 1. The first kappa shape index (κ1) is 17.1. The van der Waals surface area contributed by atoms with Gasteiger partial charge in [0.1, 0.15) is 5.82 Å². The zero-order chi connectivity index (χ0) is 16.9. The van der Waals surface area contributed by atoms with E-state index >= 15 is 0 Å². The van der Waals surface area contributed by atoms with E-state index in [-0.39, 0.29) is 5.91 Å². The maximum Gasteiger partial charge on any atom is 0.230 e. The lowest BCUT2D eigenvalue weighted by molar-refractivity contribution is -0.118. The lowest BCUT2D eigenvalue weighted by atomic mass is 10.1. The number of nitrogens with zero attached hydrogens (tertiary/aromatic N) is 3. The predicted molar refractivity (Wildman–Crippen MR) is 96.6 cm³/mol. The smallest absolute Gasteiger partial charge is 0.230 e. The minimum atomic E-state index is 0.0173. The van der Waals surface area contributed by atoms with Crippen molar-refractivity contribution in [1.29, 1.82) is 0 Å². The van der Waals surface area contributed by atoms with Crippen molar-refractivity contribution < 1.29 is 4.79 Å². The van der Waals surface area contributed by atoms with Gasteiger partial charge in [0.05, 0.1) is 5.75 Å². The van der Waals surface area contributed by atoms with Crippen molar-refractivity contribution >= 4 is 35.0 Å². The molecule has 0 saturated carbocycles. The molecule has 0 unspecified atom stereocenters. The molecule has 8 heteroatoms. The molecular formula is C16H20ClN5OS. The molecule has 1 amide bonds. The fraction of sp³-hybridized carbons (Fsp3) is 0.438. The summed E-state index contributed by atoms with van der Waals surface area (Å²) in [5.41, 5.74) is 1.15. The Morgan fingerprint density at radius 3 is 3.17 bits per heavy atom. The normalized spacial score (nSPS) is 17.2. The molecular weight excluding hydrogens is 346 g/mol. The van der Waals surface area contributed by atoms with Gasteiger partial charge in [-0.2, -0.15) is 0 Å². The summed E-state index contributed by atoms with van der Waals surface area (Å²) in [6.45, 7) is 4.46. The highest BCUT2D eigenvalue weighted by Crippen LogP contribution is 2.25. The summed E-state index contributed by atoms with van der Waals surface area (Å²) < 4.78 is 0. The molecule has 1 saturated heterocycles. The van der Waals surface area contributed by atoms with E-state index in [0.29, 0.717) is 23.4 Å². The summed E-state index contributed by atoms with van der Waals surface area (Å²) in [5.74, 6) is 1.57. The summed E-state index contributed by atoms with van der Waals surface area (Å²) in [6.07, 6.45) is 1.07. The van der Waals surface area contributed by atoms with Crippen LogP contribution < -0.4 is 10.2 Å². The number of amides is 1. The molecule has 2 aromatic rings. The summed E-state index contributed by atoms with van der Waals surface area (Å²) in [5, 5.41) is 11.1. The summed E-state index contributed by atoms with van der Waals surface area (Å²) in [4.78, 5) is 18.4. The molecule has 2 N–H and O–H groups in total. The molecule has 1 aliphatic rings. The van der Waals surface area contributed by atoms with Crippen LogP contribution in [0, 0.1) is 12.8 Å². The van der Waals surface area contributed by atoms with E-state index in [4.69, 9.17) is 11.6 Å². The molecule has 0 spiro atoms. The monoisotopic (exact) mass is 365 g/mol. The molecule has 1 atom stereocenters. The number of nitrogens with one attached hydrogen (secondary N) is 2. The Bertz CT molecular complexity index is 707. The van der Waals surface area contributed by atoms with E-state index in [1.165, 1.54) is 11.8 Å². The molecule has 3 rings (SSSR count). The van der Waals surface area contributed by atoms with E-state index < -0.39 is 0 Å². The zero-order valence-corrected chi connectivity index (χ0v) is 15.0. The van der Waals surface area contributed by atoms with Gasteiger partial charge in [0.2, 0.25) is 11.1 Å². The second-order valence-corrected chi connectivity index (χ2v) is 7.26. The zero-order valence-electron chi connectivity index (χ0n) is 13.5. The average molecular weight is 366 g/mol. The maximum atomic E-state index is 11.9. The SMILES string of the molecule is Cc1nc(SCC(=O)NC[C@H]2CCN(c3cccc(Cl)c3)C2)n[nH]1. The number of halogens is 1. The van der Waals surface area contributed by atoms with Crippen LogP contribution in [-0.4, -0.2) is 46.5 Å². The Morgan fingerprint density at radius 2 is 2.42 bits per heavy atom. The Labute approximate surface area is 150 Å². The topological polar surface area (TPSA) is 73.9 Å². The van der Waals surface area contributed by atoms with Gasteiger partial charge in [-0.25, -0.2) is 4.98 Å². The predicted octanol–water partition coefficient (Wildman–Crippen LogP) is 2.50. The first-order valence-electron chi connectivity index (χ1n) is 7.89. The molecule has 1 fully saturated rings. The number of H-pyrrole nitrogens is 1. The van der Waals surface area contributed by atoms with Gasteiger partial charge < -0.3 is 10.2 Å². The molecule has 1 aromatic carbocycles. The third-order valence-corrected chi connectivity index (χ3v) is 5.04. The highest BCUT2D eigenvalue weighted by molar-refractivity contribution is 7.99. The quantitative estimate of drug-likeness (QED) is 0.769. The van der Waals surface area contributed by atoms with Crippen molar-refractivity contribution in [2.45, 2.75) is 18.5 Å². The maximum absolute atomic E-state index is 11.9. The first-order valence-corrected chi connectivity index (χ1v) is 9.25. The average Bonchev–Trinajstić information content (AvgIpc) is 3.20. The van der Waals surface area contributed by atoms with Gasteiger partial charge in [-0.05, 0) is 37.5 Å². The van der Waals surface area contributed by atoms with Crippen LogP contribution in [-0.2, 0) is 4.79 Å². The number of hydrogen-bond donors (Lipinski definition) is 2. The Morgan fingerprint density at radius 1 is 1.54 bits per heavy atom. The van der Waals surface area contributed by atoms with Crippen LogP contribution in [0.5, 0.6) is 0 Å². The van der Waals surface area contributed by atoms with Crippen LogP contribution in [0.15, 0.2) is 29.4 Å². The molecule has 1 aromatic heterocycles. The van der Waals surface area contributed by atoms with Crippen LogP contribution >= 0.6 is 23.4 Å². The van der Waals surface area contributed by atoms with Crippen LogP contribution in [0.1, 0.15) is 12.2 Å². The van der Waals surface area contributed by atoms with E-state index in [0.717, 1.165) is 36.0 Å². The van der Waals surface area contributed by atoms with Gasteiger partial charge in [0, 0.05) is 30.3 Å². The number of aromatic amines is 1. The molecule has 2 heterocycles. The van der Waals surface area contributed by atoms with Crippen LogP contribution in [0.2, 0.25) is 5.02 Å². The van der Waals surface area contributed by atoms with Gasteiger partial charge in [0.15, 0.2) is 0 Å². The number of anilines is 1. The molecule has 128 valence electrons. The fourth-order valence-corrected chi connectivity index (χ4v) is 3.59. The minimum absolute atomic E-state index is 0.0173. The number of carbonyl (C=O) groups excluding carboxylic acids is 1. The van der Waals surface area contributed by atoms with Crippen molar-refractivity contribution in [3.05, 3.63) is 35.1 Å². The van der Waals surface area contributed by atoms with Crippen molar-refractivity contribution in [3.8, 4) is 0 Å². The Kier molecular flexibility index (Phi) is 5.63. The number of hydrogen-bond acceptors (Lipinski definition) is 5. The number of carbonyl (C=O) groups is 1. The van der Waals surface area contributed by atoms with Gasteiger partial charge in [0.25, 0.3) is 0 Å². The van der Waals surface area contributed by atoms with Crippen molar-refractivity contribution in [3.63, 3.8) is 0 Å². The number of aromatic nitrogens is 3. The largest absolute Gasteiger partial charge is 0.371 e. The van der Waals surface area contributed by atoms with E-state index in [9.17, 15) is 4.79 Å². The second kappa shape index (κ2) is 7.90. The van der Waals surface area contributed by atoms with Crippen LogP contribution in [0.3, 0.4) is 0 Å². The fourth-order valence-electron chi connectivity index (χ4n) is 2.73. The first-order chi connectivity index (χ1) is 11.6. The second-order valence-electron chi connectivity index (χ2n) is 5.88. The van der Waals surface area contributed by atoms with Crippen LogP contribution in [0.25, 0.3) is 0 Å². The summed E-state index contributed by atoms with van der Waals surface area (Å²) >= 11 is 7.39. The number of aryl methyl sites for hydroxylation is 1. The molecule has 1 aliphatic heterocycles. The van der Waals surface area contributed by atoms with E-state index in [1.807, 2.05) is 25.1 Å².